The summed E-state index contributed by atoms with van der Waals surface area (Å²) >= 11 is 2.28. The van der Waals surface area contributed by atoms with Gasteiger partial charge < -0.3 is 9.47 Å². The molecule has 144 valence electrons. The number of halogens is 2. The van der Waals surface area contributed by atoms with Crippen LogP contribution in [0.1, 0.15) is 16.7 Å². The monoisotopic (exact) mass is 499 g/mol. The molecule has 0 atom stereocenters. The van der Waals surface area contributed by atoms with Crippen molar-refractivity contribution in [2.75, 3.05) is 0 Å². The smallest absolute Gasteiger partial charge is 0.363 e. The van der Waals surface area contributed by atoms with E-state index in [0.717, 1.165) is 20.4 Å². The molecule has 0 saturated carbocycles. The van der Waals surface area contributed by atoms with Crippen molar-refractivity contribution in [2.24, 2.45) is 4.99 Å². The lowest BCUT2D eigenvalue weighted by Gasteiger charge is -2.08. The first kappa shape index (κ1) is 19.3. The van der Waals surface area contributed by atoms with Gasteiger partial charge in [0, 0.05) is 14.7 Å². The summed E-state index contributed by atoms with van der Waals surface area (Å²) in [5.41, 5.74) is 2.48. The Morgan fingerprint density at radius 3 is 2.59 bits per heavy atom. The molecule has 1 aliphatic rings. The zero-order valence-corrected chi connectivity index (χ0v) is 17.3. The van der Waals surface area contributed by atoms with Crippen molar-refractivity contribution in [1.82, 2.24) is 0 Å². The number of hydrogen-bond donors (Lipinski definition) is 0. The van der Waals surface area contributed by atoms with E-state index in [1.54, 1.807) is 12.1 Å². The zero-order chi connectivity index (χ0) is 20.2. The van der Waals surface area contributed by atoms with Gasteiger partial charge in [0.05, 0.1) is 0 Å². The molecule has 29 heavy (non-hydrogen) atoms. The van der Waals surface area contributed by atoms with Crippen LogP contribution in [0.25, 0.3) is 6.08 Å². The number of ether oxygens (including phenoxy) is 2. The maximum absolute atomic E-state index is 13.4. The van der Waals surface area contributed by atoms with Gasteiger partial charge in [0.1, 0.15) is 18.2 Å². The summed E-state index contributed by atoms with van der Waals surface area (Å²) in [6, 6.07) is 21.1. The summed E-state index contributed by atoms with van der Waals surface area (Å²) in [6.45, 7) is 0.479. The van der Waals surface area contributed by atoms with Crippen LogP contribution < -0.4 is 4.74 Å². The van der Waals surface area contributed by atoms with Crippen molar-refractivity contribution in [1.29, 1.82) is 0 Å². The number of benzene rings is 3. The van der Waals surface area contributed by atoms with Crippen LogP contribution in [0, 0.1) is 9.39 Å². The molecular weight excluding hydrogens is 484 g/mol. The van der Waals surface area contributed by atoms with Crippen molar-refractivity contribution in [2.45, 2.75) is 6.61 Å². The van der Waals surface area contributed by atoms with Crippen LogP contribution in [0.15, 0.2) is 83.5 Å². The summed E-state index contributed by atoms with van der Waals surface area (Å²) in [4.78, 5) is 16.3. The summed E-state index contributed by atoms with van der Waals surface area (Å²) in [7, 11) is 0. The number of esters is 1. The van der Waals surface area contributed by atoms with Crippen LogP contribution in [0.4, 0.5) is 4.39 Å². The quantitative estimate of drug-likeness (QED) is 0.270. The van der Waals surface area contributed by atoms with Gasteiger partial charge in [-0.2, -0.15) is 0 Å². The molecule has 0 fully saturated rings. The van der Waals surface area contributed by atoms with E-state index in [9.17, 15) is 9.18 Å². The van der Waals surface area contributed by atoms with Gasteiger partial charge in [-0.3, -0.25) is 0 Å². The minimum Gasteiger partial charge on any atom is -0.489 e. The van der Waals surface area contributed by atoms with Gasteiger partial charge >= 0.3 is 5.97 Å². The number of carbonyl (C=O) groups excluding carboxylic acids is 1. The van der Waals surface area contributed by atoms with E-state index in [1.165, 1.54) is 18.2 Å². The minimum atomic E-state index is -0.566. The maximum atomic E-state index is 13.4. The molecule has 0 N–H and O–H groups in total. The molecule has 1 heterocycles. The fourth-order valence-corrected chi connectivity index (χ4v) is 3.29. The van der Waals surface area contributed by atoms with Crippen molar-refractivity contribution in [3.63, 3.8) is 0 Å². The number of cyclic esters (lactones) is 1. The zero-order valence-electron chi connectivity index (χ0n) is 15.1. The molecule has 6 heteroatoms. The van der Waals surface area contributed by atoms with Crippen LogP contribution in [0.5, 0.6) is 5.75 Å². The van der Waals surface area contributed by atoms with E-state index in [1.807, 2.05) is 48.5 Å². The molecule has 0 bridgehead atoms. The Balaban J connectivity index is 1.47. The Labute approximate surface area is 180 Å². The molecule has 0 radical (unpaired) electrons. The standard InChI is InChI=1S/C23H15FINO3/c24-18-6-3-5-16(13-18)22-26-21(23(27)29-22)12-15-8-10-19(11-9-15)28-14-17-4-1-2-7-20(17)25/h1-13H,14H2/b21-12-. The minimum absolute atomic E-state index is 0.0955. The summed E-state index contributed by atoms with van der Waals surface area (Å²) in [6.07, 6.45) is 1.62. The van der Waals surface area contributed by atoms with Crippen LogP contribution in [-0.4, -0.2) is 11.9 Å². The Morgan fingerprint density at radius 2 is 1.83 bits per heavy atom. The van der Waals surface area contributed by atoms with Gasteiger partial charge in [-0.15, -0.1) is 0 Å². The summed E-state index contributed by atoms with van der Waals surface area (Å²) < 4.78 is 25.5. The highest BCUT2D eigenvalue weighted by atomic mass is 127. The van der Waals surface area contributed by atoms with E-state index in [2.05, 4.69) is 27.6 Å². The second kappa shape index (κ2) is 8.57. The van der Waals surface area contributed by atoms with Gasteiger partial charge in [-0.1, -0.05) is 36.4 Å². The van der Waals surface area contributed by atoms with Crippen molar-refractivity contribution in [3.8, 4) is 5.75 Å². The fourth-order valence-electron chi connectivity index (χ4n) is 2.75. The predicted octanol–water partition coefficient (Wildman–Crippen LogP) is 5.35. The number of hydrogen-bond acceptors (Lipinski definition) is 4. The van der Waals surface area contributed by atoms with Crippen molar-refractivity contribution < 1.29 is 18.7 Å². The van der Waals surface area contributed by atoms with E-state index < -0.39 is 11.8 Å². The highest BCUT2D eigenvalue weighted by molar-refractivity contribution is 14.1. The summed E-state index contributed by atoms with van der Waals surface area (Å²) in [5, 5.41) is 0. The van der Waals surface area contributed by atoms with E-state index in [4.69, 9.17) is 9.47 Å². The third-order valence-corrected chi connectivity index (χ3v) is 5.28. The summed E-state index contributed by atoms with van der Waals surface area (Å²) in [5.74, 6) is -0.161. The molecule has 0 saturated heterocycles. The number of rotatable bonds is 5. The SMILES string of the molecule is O=C1OC(c2cccc(F)c2)=N/C1=C\c1ccc(OCc2ccccc2I)cc1. The molecule has 0 spiro atoms. The van der Waals surface area contributed by atoms with E-state index >= 15 is 0 Å². The average Bonchev–Trinajstić information content (AvgIpc) is 3.09. The van der Waals surface area contributed by atoms with E-state index in [-0.39, 0.29) is 11.6 Å². The Kier molecular flexibility index (Phi) is 5.71. The van der Waals surface area contributed by atoms with Crippen molar-refractivity contribution >= 4 is 40.5 Å². The third kappa shape index (κ3) is 4.71. The second-order valence-electron chi connectivity index (χ2n) is 6.30. The number of nitrogens with zero attached hydrogens (tertiary/aromatic N) is 1. The largest absolute Gasteiger partial charge is 0.489 e. The van der Waals surface area contributed by atoms with Gasteiger partial charge in [0.2, 0.25) is 5.90 Å². The molecule has 0 unspecified atom stereocenters. The Hall–Kier alpha value is -3.00. The predicted molar refractivity (Wildman–Crippen MR) is 117 cm³/mol. The molecule has 3 aromatic rings. The first-order valence-corrected chi connectivity index (χ1v) is 9.91. The van der Waals surface area contributed by atoms with Gasteiger partial charge in [0.25, 0.3) is 0 Å². The van der Waals surface area contributed by atoms with Gasteiger partial charge in [0.15, 0.2) is 5.70 Å². The van der Waals surface area contributed by atoms with E-state index in [0.29, 0.717) is 12.2 Å². The topological polar surface area (TPSA) is 47.9 Å². The number of aliphatic imine (C=N–C) groups is 1. The number of carbonyl (C=O) groups is 1. The van der Waals surface area contributed by atoms with Crippen LogP contribution in [0.3, 0.4) is 0 Å². The normalized spacial score (nSPS) is 14.6. The molecule has 0 aliphatic carbocycles. The molecule has 0 amide bonds. The maximum Gasteiger partial charge on any atom is 0.363 e. The highest BCUT2D eigenvalue weighted by Gasteiger charge is 2.24. The first-order valence-electron chi connectivity index (χ1n) is 8.83. The van der Waals surface area contributed by atoms with Crippen molar-refractivity contribution in [3.05, 3.63) is 105 Å². The van der Waals surface area contributed by atoms with Gasteiger partial charge in [-0.05, 0) is 70.6 Å². The molecule has 4 rings (SSSR count). The lowest BCUT2D eigenvalue weighted by Crippen LogP contribution is -2.05. The van der Waals surface area contributed by atoms with Crippen LogP contribution in [-0.2, 0) is 16.1 Å². The lowest BCUT2D eigenvalue weighted by atomic mass is 10.2. The second-order valence-corrected chi connectivity index (χ2v) is 7.46. The third-order valence-electron chi connectivity index (χ3n) is 4.23. The molecule has 4 nitrogen and oxygen atoms in total. The Bertz CT molecular complexity index is 1120. The van der Waals surface area contributed by atoms with Crippen LogP contribution >= 0.6 is 22.6 Å². The molecular formula is C23H15FINO3. The Morgan fingerprint density at radius 1 is 1.03 bits per heavy atom. The molecule has 3 aromatic carbocycles. The fraction of sp³-hybridized carbons (Fsp3) is 0.0435. The van der Waals surface area contributed by atoms with Crippen LogP contribution in [0.2, 0.25) is 0 Å². The average molecular weight is 499 g/mol. The molecule has 0 aromatic heterocycles. The highest BCUT2D eigenvalue weighted by Crippen LogP contribution is 2.22. The first-order chi connectivity index (χ1) is 14.1. The molecule has 1 aliphatic heterocycles. The lowest BCUT2D eigenvalue weighted by molar-refractivity contribution is -0.129. The van der Waals surface area contributed by atoms with Gasteiger partial charge in [-0.25, -0.2) is 14.2 Å².